The van der Waals surface area contributed by atoms with Crippen LogP contribution in [0.15, 0.2) is 36.4 Å². The molecule has 0 aliphatic carbocycles. The van der Waals surface area contributed by atoms with Gasteiger partial charge in [0.1, 0.15) is 22.8 Å². The summed E-state index contributed by atoms with van der Waals surface area (Å²) in [5.41, 5.74) is 1.55. The third-order valence-corrected chi connectivity index (χ3v) is 3.99. The molecule has 0 fully saturated rings. The molecule has 0 spiro atoms. The fraction of sp³-hybridized carbons (Fsp3) is 0.300. The number of nitrogens with one attached hydrogen (secondary N) is 1. The fourth-order valence-electron chi connectivity index (χ4n) is 2.56. The molecule has 7 heteroatoms. The first kappa shape index (κ1) is 20.1. The van der Waals surface area contributed by atoms with E-state index in [0.717, 1.165) is 11.1 Å². The summed E-state index contributed by atoms with van der Waals surface area (Å²) in [5, 5.41) is 12.5. The first-order chi connectivity index (χ1) is 12.8. The Kier molecular flexibility index (Phi) is 6.65. The Hall–Kier alpha value is -3.22. The molecule has 2 aromatic rings. The van der Waals surface area contributed by atoms with Gasteiger partial charge >= 0.3 is 5.97 Å². The number of hydrogen-bond donors (Lipinski definition) is 2. The summed E-state index contributed by atoms with van der Waals surface area (Å²) in [4.78, 5) is 24.2. The molecule has 1 unspecified atom stereocenters. The molecule has 7 nitrogen and oxygen atoms in total. The summed E-state index contributed by atoms with van der Waals surface area (Å²) in [6.45, 7) is 3.10. The van der Waals surface area contributed by atoms with Crippen LogP contribution in [0.4, 0.5) is 0 Å². The molecule has 2 N–H and O–H groups in total. The maximum Gasteiger partial charge on any atom is 0.342 e. The van der Waals surface area contributed by atoms with Gasteiger partial charge in [0.25, 0.3) is 5.91 Å². The van der Waals surface area contributed by atoms with Crippen LogP contribution < -0.4 is 14.8 Å². The van der Waals surface area contributed by atoms with E-state index >= 15 is 0 Å². The van der Waals surface area contributed by atoms with Crippen LogP contribution in [-0.2, 0) is 9.53 Å². The average molecular weight is 373 g/mol. The topological polar surface area (TPSA) is 94.1 Å². The highest BCUT2D eigenvalue weighted by Crippen LogP contribution is 2.29. The molecule has 0 radical (unpaired) electrons. The molecule has 2 rings (SSSR count). The third kappa shape index (κ3) is 5.13. The van der Waals surface area contributed by atoms with Crippen LogP contribution in [0.2, 0.25) is 0 Å². The van der Waals surface area contributed by atoms with E-state index < -0.39 is 24.5 Å². The quantitative estimate of drug-likeness (QED) is 0.725. The Balaban J connectivity index is 1.98. The largest absolute Gasteiger partial charge is 0.507 e. The zero-order chi connectivity index (χ0) is 20.0. The molecule has 0 bridgehead atoms. The molecular weight excluding hydrogens is 350 g/mol. The summed E-state index contributed by atoms with van der Waals surface area (Å²) in [7, 11) is 3.09. The molecule has 1 atom stereocenters. The second-order valence-corrected chi connectivity index (χ2v) is 5.99. The number of aryl methyl sites for hydroxylation is 1. The SMILES string of the molecule is COc1ccc(OC)c(C(C)NC(=O)COC(=O)c2ccc(C)cc2O)c1. The number of carbonyl (C=O) groups is 2. The number of carbonyl (C=O) groups excluding carboxylic acids is 2. The number of phenolic OH excluding ortho intramolecular Hbond substituents is 1. The van der Waals surface area contributed by atoms with Crippen LogP contribution in [-0.4, -0.2) is 37.8 Å². The number of aromatic hydroxyl groups is 1. The highest BCUT2D eigenvalue weighted by Gasteiger charge is 2.18. The van der Waals surface area contributed by atoms with Crippen molar-refractivity contribution in [1.29, 1.82) is 0 Å². The number of ether oxygens (including phenoxy) is 3. The van der Waals surface area contributed by atoms with Crippen molar-refractivity contribution < 1.29 is 28.9 Å². The van der Waals surface area contributed by atoms with Crippen molar-refractivity contribution >= 4 is 11.9 Å². The lowest BCUT2D eigenvalue weighted by atomic mass is 10.1. The van der Waals surface area contributed by atoms with Crippen LogP contribution in [0.25, 0.3) is 0 Å². The molecule has 0 aromatic heterocycles. The van der Waals surface area contributed by atoms with Gasteiger partial charge in [0.05, 0.1) is 20.3 Å². The van der Waals surface area contributed by atoms with E-state index in [4.69, 9.17) is 14.2 Å². The van der Waals surface area contributed by atoms with Crippen molar-refractivity contribution in [2.45, 2.75) is 19.9 Å². The molecule has 0 heterocycles. The number of phenols is 1. The number of benzene rings is 2. The van der Waals surface area contributed by atoms with Crippen LogP contribution in [0.1, 0.15) is 34.5 Å². The van der Waals surface area contributed by atoms with E-state index in [0.29, 0.717) is 11.5 Å². The molecule has 1 amide bonds. The van der Waals surface area contributed by atoms with Crippen molar-refractivity contribution in [1.82, 2.24) is 5.32 Å². The highest BCUT2D eigenvalue weighted by molar-refractivity contribution is 5.94. The monoisotopic (exact) mass is 373 g/mol. The molecule has 0 aliphatic heterocycles. The predicted octanol–water partition coefficient (Wildman–Crippen LogP) is 2.75. The predicted molar refractivity (Wildman–Crippen MR) is 99.2 cm³/mol. The van der Waals surface area contributed by atoms with Gasteiger partial charge in [0.15, 0.2) is 6.61 Å². The molecule has 0 saturated heterocycles. The second-order valence-electron chi connectivity index (χ2n) is 5.99. The first-order valence-corrected chi connectivity index (χ1v) is 8.33. The highest BCUT2D eigenvalue weighted by atomic mass is 16.5. The summed E-state index contributed by atoms with van der Waals surface area (Å²) in [6, 6.07) is 9.45. The fourth-order valence-corrected chi connectivity index (χ4v) is 2.56. The van der Waals surface area contributed by atoms with Crippen LogP contribution in [0, 0.1) is 6.92 Å². The third-order valence-electron chi connectivity index (χ3n) is 3.99. The average Bonchev–Trinajstić information content (AvgIpc) is 2.65. The van der Waals surface area contributed by atoms with Crippen molar-refractivity contribution in [3.63, 3.8) is 0 Å². The van der Waals surface area contributed by atoms with Gasteiger partial charge in [-0.15, -0.1) is 0 Å². The summed E-state index contributed by atoms with van der Waals surface area (Å²) < 4.78 is 15.5. The summed E-state index contributed by atoms with van der Waals surface area (Å²) in [5.74, 6) is -0.199. The van der Waals surface area contributed by atoms with Crippen LogP contribution >= 0.6 is 0 Å². The minimum absolute atomic E-state index is 0.0101. The van der Waals surface area contributed by atoms with Gasteiger partial charge < -0.3 is 24.6 Å². The molecular formula is C20H23NO6. The van der Waals surface area contributed by atoms with Crippen molar-refractivity contribution in [2.75, 3.05) is 20.8 Å². The van der Waals surface area contributed by atoms with Gasteiger partial charge in [-0.3, -0.25) is 4.79 Å². The Bertz CT molecular complexity index is 833. The Morgan fingerprint density at radius 1 is 1.11 bits per heavy atom. The number of esters is 1. The van der Waals surface area contributed by atoms with E-state index in [2.05, 4.69) is 5.32 Å². The van der Waals surface area contributed by atoms with Gasteiger partial charge in [0, 0.05) is 5.56 Å². The van der Waals surface area contributed by atoms with Gasteiger partial charge in [0.2, 0.25) is 0 Å². The lowest BCUT2D eigenvalue weighted by molar-refractivity contribution is -0.124. The second kappa shape index (κ2) is 8.93. The summed E-state index contributed by atoms with van der Waals surface area (Å²) in [6.07, 6.45) is 0. The van der Waals surface area contributed by atoms with Gasteiger partial charge in [-0.25, -0.2) is 4.79 Å². The summed E-state index contributed by atoms with van der Waals surface area (Å²) >= 11 is 0. The number of amides is 1. The van der Waals surface area contributed by atoms with Crippen LogP contribution in [0.3, 0.4) is 0 Å². The lowest BCUT2D eigenvalue weighted by Gasteiger charge is -2.18. The van der Waals surface area contributed by atoms with E-state index in [9.17, 15) is 14.7 Å². The number of hydrogen-bond acceptors (Lipinski definition) is 6. The molecule has 0 saturated carbocycles. The van der Waals surface area contributed by atoms with E-state index in [1.54, 1.807) is 45.2 Å². The van der Waals surface area contributed by atoms with Gasteiger partial charge in [-0.2, -0.15) is 0 Å². The molecule has 27 heavy (non-hydrogen) atoms. The normalized spacial score (nSPS) is 11.4. The zero-order valence-electron chi connectivity index (χ0n) is 15.7. The minimum atomic E-state index is -0.769. The van der Waals surface area contributed by atoms with Crippen molar-refractivity contribution in [3.05, 3.63) is 53.1 Å². The number of rotatable bonds is 7. The minimum Gasteiger partial charge on any atom is -0.507 e. The van der Waals surface area contributed by atoms with Crippen molar-refractivity contribution in [2.24, 2.45) is 0 Å². The van der Waals surface area contributed by atoms with Crippen LogP contribution in [0.5, 0.6) is 17.2 Å². The van der Waals surface area contributed by atoms with E-state index in [1.807, 2.05) is 0 Å². The molecule has 2 aromatic carbocycles. The maximum atomic E-state index is 12.1. The van der Waals surface area contributed by atoms with Gasteiger partial charge in [-0.05, 0) is 49.7 Å². The zero-order valence-corrected chi connectivity index (χ0v) is 15.7. The number of methoxy groups -OCH3 is 2. The standard InChI is InChI=1S/C20H23NO6/c1-12-5-7-15(17(22)9-12)20(24)27-11-19(23)21-13(2)16-10-14(25-3)6-8-18(16)26-4/h5-10,13,22H,11H2,1-4H3,(H,21,23). The smallest absolute Gasteiger partial charge is 0.342 e. The lowest BCUT2D eigenvalue weighted by Crippen LogP contribution is -2.31. The Labute approximate surface area is 157 Å². The molecule has 0 aliphatic rings. The van der Waals surface area contributed by atoms with E-state index in [-0.39, 0.29) is 11.3 Å². The Morgan fingerprint density at radius 2 is 1.85 bits per heavy atom. The van der Waals surface area contributed by atoms with Crippen molar-refractivity contribution in [3.8, 4) is 17.2 Å². The Morgan fingerprint density at radius 3 is 2.48 bits per heavy atom. The maximum absolute atomic E-state index is 12.1. The molecule has 144 valence electrons. The van der Waals surface area contributed by atoms with Gasteiger partial charge in [-0.1, -0.05) is 6.07 Å². The van der Waals surface area contributed by atoms with E-state index in [1.165, 1.54) is 19.2 Å². The first-order valence-electron chi connectivity index (χ1n) is 8.33.